The van der Waals surface area contributed by atoms with E-state index in [1.165, 1.54) is 6.07 Å². The van der Waals surface area contributed by atoms with Gasteiger partial charge in [-0.25, -0.2) is 9.97 Å². The minimum atomic E-state index is -4.59. The van der Waals surface area contributed by atoms with Crippen LogP contribution in [0.4, 0.5) is 19.0 Å². The molecule has 0 N–H and O–H groups in total. The molecular formula is C12H16ClF3N4. The van der Waals surface area contributed by atoms with E-state index in [0.717, 1.165) is 0 Å². The van der Waals surface area contributed by atoms with Crippen LogP contribution in [0.25, 0.3) is 0 Å². The van der Waals surface area contributed by atoms with Gasteiger partial charge in [0, 0.05) is 31.2 Å². The van der Waals surface area contributed by atoms with Crippen LogP contribution in [0.3, 0.4) is 0 Å². The molecule has 1 aromatic heterocycles. The van der Waals surface area contributed by atoms with Crippen LogP contribution in [0.15, 0.2) is 6.07 Å². The van der Waals surface area contributed by atoms with Gasteiger partial charge in [-0.2, -0.15) is 13.2 Å². The highest BCUT2D eigenvalue weighted by Crippen LogP contribution is 2.30. The maximum atomic E-state index is 12.7. The first-order chi connectivity index (χ1) is 9.18. The number of hydrogen-bond donors (Lipinski definition) is 0. The van der Waals surface area contributed by atoms with Crippen LogP contribution in [0.2, 0.25) is 5.15 Å². The summed E-state index contributed by atoms with van der Waals surface area (Å²) in [7, 11) is 2.00. The SMILES string of the molecule is CC1CN(c2cc(Cl)nc(C(F)(F)F)n2)CC(C)N1C. The number of piperazine rings is 1. The van der Waals surface area contributed by atoms with E-state index >= 15 is 0 Å². The van der Waals surface area contributed by atoms with Gasteiger partial charge in [0.2, 0.25) is 5.82 Å². The number of halogens is 4. The third-order valence-corrected chi connectivity index (χ3v) is 3.81. The van der Waals surface area contributed by atoms with Crippen molar-refractivity contribution in [2.75, 3.05) is 25.0 Å². The summed E-state index contributed by atoms with van der Waals surface area (Å²) in [6.07, 6.45) is -4.59. The molecule has 1 aliphatic rings. The molecule has 2 atom stereocenters. The first kappa shape index (κ1) is 15.3. The minimum absolute atomic E-state index is 0.193. The molecule has 0 radical (unpaired) electrons. The van der Waals surface area contributed by atoms with Gasteiger partial charge in [-0.3, -0.25) is 4.90 Å². The van der Waals surface area contributed by atoms with E-state index in [0.29, 0.717) is 13.1 Å². The Kier molecular flexibility index (Phi) is 4.11. The Balaban J connectivity index is 2.31. The topological polar surface area (TPSA) is 32.3 Å². The molecule has 0 aliphatic carbocycles. The van der Waals surface area contributed by atoms with E-state index < -0.39 is 12.0 Å². The van der Waals surface area contributed by atoms with Gasteiger partial charge in [0.05, 0.1) is 0 Å². The molecule has 2 heterocycles. The standard InChI is InChI=1S/C12H16ClF3N4/c1-7-5-20(6-8(2)19(7)3)10-4-9(13)17-11(18-10)12(14,15)16/h4,7-8H,5-6H2,1-3H3. The van der Waals surface area contributed by atoms with Crippen LogP contribution in [0.5, 0.6) is 0 Å². The fourth-order valence-electron chi connectivity index (χ4n) is 2.29. The van der Waals surface area contributed by atoms with E-state index in [4.69, 9.17) is 11.6 Å². The zero-order chi connectivity index (χ0) is 15.1. The highest BCUT2D eigenvalue weighted by Gasteiger charge is 2.36. The van der Waals surface area contributed by atoms with Gasteiger partial charge in [-0.15, -0.1) is 0 Å². The Morgan fingerprint density at radius 2 is 1.75 bits per heavy atom. The largest absolute Gasteiger partial charge is 0.451 e. The quantitative estimate of drug-likeness (QED) is 0.747. The van der Waals surface area contributed by atoms with Crippen LogP contribution in [-0.2, 0) is 6.18 Å². The number of hydrogen-bond acceptors (Lipinski definition) is 4. The van der Waals surface area contributed by atoms with Gasteiger partial charge in [-0.05, 0) is 20.9 Å². The molecule has 0 spiro atoms. The lowest BCUT2D eigenvalue weighted by molar-refractivity contribution is -0.144. The van der Waals surface area contributed by atoms with Gasteiger partial charge in [0.1, 0.15) is 11.0 Å². The van der Waals surface area contributed by atoms with Crippen molar-refractivity contribution in [3.63, 3.8) is 0 Å². The Hall–Kier alpha value is -1.08. The van der Waals surface area contributed by atoms with Crippen molar-refractivity contribution >= 4 is 17.4 Å². The van der Waals surface area contributed by atoms with Crippen LogP contribution >= 0.6 is 11.6 Å². The Morgan fingerprint density at radius 1 is 1.20 bits per heavy atom. The molecule has 0 saturated carbocycles. The van der Waals surface area contributed by atoms with Crippen molar-refractivity contribution < 1.29 is 13.2 Å². The van der Waals surface area contributed by atoms with Crippen molar-refractivity contribution in [3.8, 4) is 0 Å². The van der Waals surface area contributed by atoms with E-state index in [1.807, 2.05) is 25.8 Å². The second-order valence-electron chi connectivity index (χ2n) is 5.14. The van der Waals surface area contributed by atoms with Gasteiger partial charge >= 0.3 is 6.18 Å². The number of anilines is 1. The summed E-state index contributed by atoms with van der Waals surface area (Å²) >= 11 is 5.69. The van der Waals surface area contributed by atoms with Gasteiger partial charge in [0.15, 0.2) is 0 Å². The van der Waals surface area contributed by atoms with E-state index in [1.54, 1.807) is 0 Å². The molecule has 1 aliphatic heterocycles. The Morgan fingerprint density at radius 3 is 2.25 bits per heavy atom. The van der Waals surface area contributed by atoms with Crippen molar-refractivity contribution in [2.24, 2.45) is 0 Å². The summed E-state index contributed by atoms with van der Waals surface area (Å²) < 4.78 is 38.2. The molecule has 1 aromatic rings. The van der Waals surface area contributed by atoms with Crippen LogP contribution in [0.1, 0.15) is 19.7 Å². The van der Waals surface area contributed by atoms with Crippen LogP contribution < -0.4 is 4.90 Å². The monoisotopic (exact) mass is 308 g/mol. The average molecular weight is 309 g/mol. The summed E-state index contributed by atoms with van der Waals surface area (Å²) in [4.78, 5) is 10.9. The number of nitrogens with zero attached hydrogens (tertiary/aromatic N) is 4. The average Bonchev–Trinajstić information content (AvgIpc) is 2.33. The van der Waals surface area contributed by atoms with Crippen molar-refractivity contribution in [3.05, 3.63) is 17.0 Å². The Bertz CT molecular complexity index is 482. The zero-order valence-electron chi connectivity index (χ0n) is 11.4. The molecule has 4 nitrogen and oxygen atoms in total. The lowest BCUT2D eigenvalue weighted by Crippen LogP contribution is -2.55. The smallest absolute Gasteiger partial charge is 0.353 e. The first-order valence-electron chi connectivity index (χ1n) is 6.27. The number of aromatic nitrogens is 2. The summed E-state index contributed by atoms with van der Waals surface area (Å²) in [6, 6.07) is 1.82. The molecule has 0 aromatic carbocycles. The lowest BCUT2D eigenvalue weighted by atomic mass is 10.1. The van der Waals surface area contributed by atoms with Crippen molar-refractivity contribution in [1.82, 2.24) is 14.9 Å². The molecule has 112 valence electrons. The first-order valence-corrected chi connectivity index (χ1v) is 6.65. The molecule has 1 fully saturated rings. The van der Waals surface area contributed by atoms with Gasteiger partial charge < -0.3 is 4.90 Å². The lowest BCUT2D eigenvalue weighted by Gasteiger charge is -2.43. The normalized spacial score (nSPS) is 25.1. The summed E-state index contributed by atoms with van der Waals surface area (Å²) in [5, 5.41) is -0.193. The van der Waals surface area contributed by atoms with E-state index in [9.17, 15) is 13.2 Å². The molecule has 1 saturated heterocycles. The molecule has 0 bridgehead atoms. The summed E-state index contributed by atoms with van der Waals surface area (Å²) in [6.45, 7) is 5.25. The van der Waals surface area contributed by atoms with Crippen molar-refractivity contribution in [1.29, 1.82) is 0 Å². The second-order valence-corrected chi connectivity index (χ2v) is 5.53. The summed E-state index contributed by atoms with van der Waals surface area (Å²) in [5.74, 6) is -0.969. The third kappa shape index (κ3) is 3.15. The molecule has 8 heteroatoms. The van der Waals surface area contributed by atoms with Crippen molar-refractivity contribution in [2.45, 2.75) is 32.1 Å². The maximum absolute atomic E-state index is 12.7. The van der Waals surface area contributed by atoms with Gasteiger partial charge in [-0.1, -0.05) is 11.6 Å². The highest BCUT2D eigenvalue weighted by molar-refractivity contribution is 6.29. The predicted molar refractivity (Wildman–Crippen MR) is 70.9 cm³/mol. The fourth-order valence-corrected chi connectivity index (χ4v) is 2.46. The van der Waals surface area contributed by atoms with E-state index in [2.05, 4.69) is 14.9 Å². The number of rotatable bonds is 1. The molecule has 20 heavy (non-hydrogen) atoms. The number of alkyl halides is 3. The molecule has 2 rings (SSSR count). The van der Waals surface area contributed by atoms with Crippen LogP contribution in [-0.4, -0.2) is 47.1 Å². The third-order valence-electron chi connectivity index (χ3n) is 3.62. The Labute approximate surface area is 120 Å². The van der Waals surface area contributed by atoms with Crippen LogP contribution in [0, 0.1) is 0 Å². The highest BCUT2D eigenvalue weighted by atomic mass is 35.5. The van der Waals surface area contributed by atoms with Gasteiger partial charge in [0.25, 0.3) is 0 Å². The molecule has 2 unspecified atom stereocenters. The maximum Gasteiger partial charge on any atom is 0.451 e. The predicted octanol–water partition coefficient (Wildman–Crippen LogP) is 2.68. The zero-order valence-corrected chi connectivity index (χ0v) is 12.2. The van der Waals surface area contributed by atoms with E-state index in [-0.39, 0.29) is 23.1 Å². The number of likely N-dealkylation sites (N-methyl/N-ethyl adjacent to an activating group) is 1. The second kappa shape index (κ2) is 5.37. The molecule has 0 amide bonds. The summed E-state index contributed by atoms with van der Waals surface area (Å²) in [5.41, 5.74) is 0. The minimum Gasteiger partial charge on any atom is -0.353 e. The molecular weight excluding hydrogens is 293 g/mol. The fraction of sp³-hybridized carbons (Fsp3) is 0.667.